The van der Waals surface area contributed by atoms with Crippen LogP contribution in [0.15, 0.2) is 4.90 Å². The van der Waals surface area contributed by atoms with E-state index in [1.807, 2.05) is 0 Å². The number of hydrogen-bond acceptors (Lipinski definition) is 5. The van der Waals surface area contributed by atoms with E-state index < -0.39 is 15.0 Å². The maximum atomic E-state index is 12.2. The average Bonchev–Trinajstić information content (AvgIpc) is 2.94. The Hall–Kier alpha value is -1.12. The summed E-state index contributed by atoms with van der Waals surface area (Å²) < 4.78 is 28.3. The molecule has 1 saturated carbocycles. The van der Waals surface area contributed by atoms with Crippen molar-refractivity contribution in [3.63, 3.8) is 0 Å². The molecule has 2 unspecified atom stereocenters. The minimum atomic E-state index is -4.03. The van der Waals surface area contributed by atoms with Gasteiger partial charge in [0.25, 0.3) is 15.0 Å². The third kappa shape index (κ3) is 2.97. The maximum absolute atomic E-state index is 12.2. The van der Waals surface area contributed by atoms with Gasteiger partial charge in [0.15, 0.2) is 5.69 Å². The zero-order valence-corrected chi connectivity index (χ0v) is 12.7. The van der Waals surface area contributed by atoms with Crippen molar-refractivity contribution < 1.29 is 17.9 Å². The van der Waals surface area contributed by atoms with Gasteiger partial charge < -0.3 is 10.1 Å². The first-order valence-electron chi connectivity index (χ1n) is 6.18. The number of carbonyl (C=O) groups excluding carboxylic acids is 1. The largest absolute Gasteiger partial charge is 0.379 e. The van der Waals surface area contributed by atoms with Crippen LogP contribution in [0.4, 0.5) is 0 Å². The molecule has 1 aliphatic rings. The predicted molar refractivity (Wildman–Crippen MR) is 72.3 cm³/mol. The number of halogens is 1. The third-order valence-electron chi connectivity index (χ3n) is 3.42. The lowest BCUT2D eigenvalue weighted by Gasteiger charge is -2.19. The lowest BCUT2D eigenvalue weighted by molar-refractivity contribution is 0.0717. The van der Waals surface area contributed by atoms with Crippen molar-refractivity contribution in [1.82, 2.24) is 15.5 Å². The van der Waals surface area contributed by atoms with Crippen LogP contribution in [0.5, 0.6) is 0 Å². The van der Waals surface area contributed by atoms with Crippen LogP contribution in [0.25, 0.3) is 0 Å². The van der Waals surface area contributed by atoms with Gasteiger partial charge in [0.05, 0.1) is 17.8 Å². The molecule has 112 valence electrons. The van der Waals surface area contributed by atoms with Crippen LogP contribution in [-0.2, 0) is 13.8 Å². The molecule has 9 heteroatoms. The van der Waals surface area contributed by atoms with E-state index in [0.29, 0.717) is 0 Å². The fourth-order valence-corrected chi connectivity index (χ4v) is 3.83. The smallest absolute Gasteiger partial charge is 0.273 e. The maximum Gasteiger partial charge on any atom is 0.273 e. The van der Waals surface area contributed by atoms with Gasteiger partial charge in [-0.25, -0.2) is 8.42 Å². The van der Waals surface area contributed by atoms with Crippen molar-refractivity contribution in [2.45, 2.75) is 43.2 Å². The molecule has 2 rings (SSSR count). The summed E-state index contributed by atoms with van der Waals surface area (Å²) in [6, 6.07) is -0.143. The quantitative estimate of drug-likeness (QED) is 0.804. The zero-order valence-electron chi connectivity index (χ0n) is 11.1. The van der Waals surface area contributed by atoms with Crippen molar-refractivity contribution in [3.05, 3.63) is 11.4 Å². The lowest BCUT2D eigenvalue weighted by Crippen LogP contribution is -2.41. The molecule has 0 saturated heterocycles. The van der Waals surface area contributed by atoms with E-state index in [9.17, 15) is 13.2 Å². The molecule has 20 heavy (non-hydrogen) atoms. The Bertz CT molecular complexity index is 613. The summed E-state index contributed by atoms with van der Waals surface area (Å²) in [5.74, 6) is -0.567. The molecule has 0 spiro atoms. The molecule has 0 bridgehead atoms. The van der Waals surface area contributed by atoms with E-state index in [0.717, 1.165) is 19.3 Å². The molecule has 0 aliphatic heterocycles. The minimum absolute atomic E-state index is 0.0601. The molecular formula is C11H16ClN3O4S. The van der Waals surface area contributed by atoms with Crippen LogP contribution in [0.3, 0.4) is 0 Å². The normalized spacial score (nSPS) is 22.9. The van der Waals surface area contributed by atoms with E-state index in [2.05, 4.69) is 15.5 Å². The van der Waals surface area contributed by atoms with Crippen LogP contribution >= 0.6 is 10.7 Å². The number of methoxy groups -OCH3 is 1. The third-order valence-corrected chi connectivity index (χ3v) is 4.87. The van der Waals surface area contributed by atoms with Gasteiger partial charge in [-0.2, -0.15) is 5.10 Å². The van der Waals surface area contributed by atoms with Gasteiger partial charge in [-0.05, 0) is 26.2 Å². The predicted octanol–water partition coefficient (Wildman–Crippen LogP) is 0.943. The number of rotatable bonds is 4. The number of aromatic amines is 1. The Morgan fingerprint density at radius 2 is 2.20 bits per heavy atom. The average molecular weight is 322 g/mol. The first-order valence-corrected chi connectivity index (χ1v) is 8.48. The molecule has 0 radical (unpaired) electrons. The van der Waals surface area contributed by atoms with Crippen molar-refractivity contribution in [2.75, 3.05) is 7.11 Å². The summed E-state index contributed by atoms with van der Waals surface area (Å²) in [4.78, 5) is 11.9. The second-order valence-corrected chi connectivity index (χ2v) is 7.25. The van der Waals surface area contributed by atoms with Crippen LogP contribution in [0, 0.1) is 6.92 Å². The number of nitrogens with one attached hydrogen (secondary N) is 2. The van der Waals surface area contributed by atoms with Gasteiger partial charge in [0.1, 0.15) is 4.90 Å². The number of ether oxygens (including phenoxy) is 1. The Morgan fingerprint density at radius 1 is 1.50 bits per heavy atom. The van der Waals surface area contributed by atoms with E-state index in [1.54, 1.807) is 7.11 Å². The van der Waals surface area contributed by atoms with Gasteiger partial charge in [0, 0.05) is 17.8 Å². The summed E-state index contributed by atoms with van der Waals surface area (Å²) in [7, 11) is 2.89. The van der Waals surface area contributed by atoms with Crippen LogP contribution in [0.2, 0.25) is 0 Å². The number of amides is 1. The number of H-pyrrole nitrogens is 1. The molecule has 1 aromatic heterocycles. The Kier molecular flexibility index (Phi) is 4.36. The highest BCUT2D eigenvalue weighted by Crippen LogP contribution is 2.24. The number of aryl methyl sites for hydroxylation is 1. The Balaban J connectivity index is 2.23. The number of carbonyl (C=O) groups is 1. The van der Waals surface area contributed by atoms with Gasteiger partial charge in [-0.15, -0.1) is 0 Å². The van der Waals surface area contributed by atoms with E-state index in [-0.39, 0.29) is 28.4 Å². The highest BCUT2D eigenvalue weighted by atomic mass is 35.7. The van der Waals surface area contributed by atoms with Crippen molar-refractivity contribution in [3.8, 4) is 0 Å². The van der Waals surface area contributed by atoms with Gasteiger partial charge in [-0.1, -0.05) is 0 Å². The molecule has 1 aliphatic carbocycles. The lowest BCUT2D eigenvalue weighted by atomic mass is 10.2. The fraction of sp³-hybridized carbons (Fsp3) is 0.636. The summed E-state index contributed by atoms with van der Waals surface area (Å²) >= 11 is 0. The number of nitrogens with zero attached hydrogens (tertiary/aromatic N) is 1. The summed E-state index contributed by atoms with van der Waals surface area (Å²) in [6.45, 7) is 1.49. The van der Waals surface area contributed by atoms with Gasteiger partial charge in [0.2, 0.25) is 0 Å². The van der Waals surface area contributed by atoms with Crippen molar-refractivity contribution >= 4 is 25.6 Å². The van der Waals surface area contributed by atoms with E-state index in [4.69, 9.17) is 15.4 Å². The molecule has 7 nitrogen and oxygen atoms in total. The van der Waals surface area contributed by atoms with Crippen LogP contribution < -0.4 is 5.32 Å². The molecule has 2 N–H and O–H groups in total. The zero-order chi connectivity index (χ0) is 14.9. The number of aromatic nitrogens is 2. The van der Waals surface area contributed by atoms with Gasteiger partial charge in [-0.3, -0.25) is 9.89 Å². The molecule has 0 aromatic carbocycles. The molecule has 2 atom stereocenters. The van der Waals surface area contributed by atoms with Crippen LogP contribution in [0.1, 0.15) is 35.4 Å². The fourth-order valence-electron chi connectivity index (χ4n) is 2.48. The summed E-state index contributed by atoms with van der Waals surface area (Å²) in [5.41, 5.74) is 0.0270. The Morgan fingerprint density at radius 3 is 2.80 bits per heavy atom. The van der Waals surface area contributed by atoms with Crippen LogP contribution in [-0.4, -0.2) is 43.8 Å². The number of hydrogen-bond donors (Lipinski definition) is 2. The van der Waals surface area contributed by atoms with Crippen molar-refractivity contribution in [1.29, 1.82) is 0 Å². The molecule has 1 aromatic rings. The molecule has 1 fully saturated rings. The minimum Gasteiger partial charge on any atom is -0.379 e. The van der Waals surface area contributed by atoms with Crippen molar-refractivity contribution in [2.24, 2.45) is 0 Å². The molecular weight excluding hydrogens is 306 g/mol. The van der Waals surface area contributed by atoms with Gasteiger partial charge >= 0.3 is 0 Å². The molecule has 1 amide bonds. The second kappa shape index (κ2) is 5.71. The second-order valence-electron chi connectivity index (χ2n) is 4.75. The van der Waals surface area contributed by atoms with E-state index in [1.165, 1.54) is 6.92 Å². The first-order chi connectivity index (χ1) is 9.34. The summed E-state index contributed by atoms with van der Waals surface area (Å²) in [5, 5.41) is 8.96. The SMILES string of the molecule is COC1CCCC1NC(=O)c1n[nH]c(C)c1S(=O)(=O)Cl. The highest BCUT2D eigenvalue weighted by Gasteiger charge is 2.32. The standard InChI is InChI=1S/C11H16ClN3O4S/c1-6-10(20(12,17)18)9(15-14-6)11(16)13-7-4-3-5-8(7)19-2/h7-8H,3-5H2,1-2H3,(H,13,16)(H,14,15). The first kappa shape index (κ1) is 15.3. The Labute approximate surface area is 121 Å². The van der Waals surface area contributed by atoms with E-state index >= 15 is 0 Å². The molecule has 1 heterocycles. The topological polar surface area (TPSA) is 101 Å². The highest BCUT2D eigenvalue weighted by molar-refractivity contribution is 8.13. The monoisotopic (exact) mass is 321 g/mol. The summed E-state index contributed by atoms with van der Waals surface area (Å²) in [6.07, 6.45) is 2.54.